The Balaban J connectivity index is -0.0000000577. The van der Waals surface area contributed by atoms with Crippen LogP contribution in [0.1, 0.15) is 48.5 Å². The molecule has 17 nitrogen and oxygen atoms in total. The van der Waals surface area contributed by atoms with Crippen molar-refractivity contribution in [1.82, 2.24) is 26.1 Å². The fourth-order valence-corrected chi connectivity index (χ4v) is 2.41. The summed E-state index contributed by atoms with van der Waals surface area (Å²) in [4.78, 5) is 65.4. The summed E-state index contributed by atoms with van der Waals surface area (Å²) in [5.41, 5.74) is 4.90. The summed E-state index contributed by atoms with van der Waals surface area (Å²) in [5, 5.41) is 3.55. The van der Waals surface area contributed by atoms with E-state index in [1.807, 2.05) is 36.8 Å². The van der Waals surface area contributed by atoms with Crippen LogP contribution in [0.25, 0.3) is 0 Å². The molecular weight excluding hydrogens is 713 g/mol. The molecule has 0 atom stereocenters. The lowest BCUT2D eigenvalue weighted by Crippen LogP contribution is -2.26. The molecule has 0 saturated heterocycles. The number of nitrogens with two attached hydrogens (primary N) is 3. The molecule has 3 amide bonds. The number of ether oxygens (including phenoxy) is 1. The van der Waals surface area contributed by atoms with Gasteiger partial charge in [-0.25, -0.2) is 26.7 Å². The number of aromatic nitrogens is 1. The van der Waals surface area contributed by atoms with E-state index in [9.17, 15) is 24.0 Å². The first-order valence-electron chi connectivity index (χ1n) is 14.2. The van der Waals surface area contributed by atoms with E-state index < -0.39 is 0 Å². The van der Waals surface area contributed by atoms with Crippen LogP contribution in [0.4, 0.5) is 0 Å². The maximum atomic E-state index is 10.6. The van der Waals surface area contributed by atoms with Gasteiger partial charge >= 0.3 is 5.97 Å². The Morgan fingerprint density at radius 2 is 1.37 bits per heavy atom. The van der Waals surface area contributed by atoms with E-state index in [0.717, 1.165) is 10.7 Å². The number of hydrogen-bond acceptors (Lipinski definition) is 16. The first-order chi connectivity index (χ1) is 23.9. The molecule has 0 bridgehead atoms. The molecule has 0 fully saturated rings. The van der Waals surface area contributed by atoms with Gasteiger partial charge in [0.1, 0.15) is 10.8 Å². The highest BCUT2D eigenvalue weighted by atomic mass is 33.1. The second-order valence-electron chi connectivity index (χ2n) is 7.76. The minimum absolute atomic E-state index is 0. The van der Waals surface area contributed by atoms with E-state index in [-0.39, 0.29) is 36.9 Å². The minimum atomic E-state index is -0.245. The number of rotatable bonds is 3. The van der Waals surface area contributed by atoms with E-state index in [2.05, 4.69) is 84.3 Å². The van der Waals surface area contributed by atoms with E-state index in [1.165, 1.54) is 52.9 Å². The van der Waals surface area contributed by atoms with Crippen LogP contribution < -0.4 is 33.8 Å². The SMILES string of the molecule is C.C=C1C=CC(=O)N1C.C=C=NC.C=C=NC.CC(=O)NN.CC(C)=O.CCC(=O)NC.CNN.COC(C)=O.CON.CSSc1ccccn1. The van der Waals surface area contributed by atoms with Crippen molar-refractivity contribution in [3.05, 3.63) is 62.0 Å². The van der Waals surface area contributed by atoms with Crippen molar-refractivity contribution in [1.29, 1.82) is 0 Å². The number of nitrogens with one attached hydrogen (secondary N) is 3. The van der Waals surface area contributed by atoms with Gasteiger partial charge in [-0.3, -0.25) is 35.9 Å². The zero-order chi connectivity index (χ0) is 42.1. The maximum Gasteiger partial charge on any atom is 0.302 e. The van der Waals surface area contributed by atoms with Crippen molar-refractivity contribution in [3.63, 3.8) is 0 Å². The number of aliphatic imine (C=N–C) groups is 2. The second-order valence-corrected chi connectivity index (χ2v) is 10.2. The number of carbonyl (C=O) groups excluding carboxylic acids is 5. The average molecular weight is 779 g/mol. The van der Waals surface area contributed by atoms with Crippen molar-refractivity contribution in [2.75, 3.05) is 55.7 Å². The lowest BCUT2D eigenvalue weighted by molar-refractivity contribution is -0.138. The third kappa shape index (κ3) is 104. The standard InChI is InChI=1S/C6H7NO.C6H7NS2.C4H9NO.2C3H5N.C3H6O2.C3H6O.C2H6N2O.CH6N2.CH5NO.CH4/c1-5-3-4-6(8)7(5)2;1-8-9-6-4-2-3-5-7-6;1-3-4(6)5-2;2*1-3-4-2;1-3(4)5-2;1-3(2)4;1-2(5)4-3;2*1-3-2;/h3-4H,1H2,2H3;2-5H,1H3;3H2,1-2H3,(H,5,6);2*1H2,2H3;1-2H3;1-2H3;3H2,1H3,(H,4,5);3H,2H2,1H3;2H2,1H3;1H4. The summed E-state index contributed by atoms with van der Waals surface area (Å²) in [7, 11) is 14.4. The fourth-order valence-electron chi connectivity index (χ4n) is 1.19. The van der Waals surface area contributed by atoms with Crippen molar-refractivity contribution >= 4 is 62.8 Å². The van der Waals surface area contributed by atoms with Crippen LogP contribution in [0.3, 0.4) is 0 Å². The van der Waals surface area contributed by atoms with Crippen molar-refractivity contribution in [3.8, 4) is 0 Å². The summed E-state index contributed by atoms with van der Waals surface area (Å²) in [6, 6.07) is 5.91. The molecule has 302 valence electrons. The molecule has 2 heterocycles. The lowest BCUT2D eigenvalue weighted by Gasteiger charge is -2.06. The van der Waals surface area contributed by atoms with Crippen LogP contribution in [0.15, 0.2) is 77.0 Å². The maximum absolute atomic E-state index is 10.6. The number of Topliss-reactive ketones (excluding diaryl/α,β-unsaturated/α-hetero) is 1. The minimum Gasteiger partial charge on any atom is -0.469 e. The molecule has 1 aliphatic heterocycles. The predicted octanol–water partition coefficient (Wildman–Crippen LogP) is 3.06. The highest BCUT2D eigenvalue weighted by Gasteiger charge is 2.11. The number of amides is 3. The van der Waals surface area contributed by atoms with Crippen LogP contribution >= 0.6 is 21.6 Å². The van der Waals surface area contributed by atoms with Crippen LogP contribution in [0.2, 0.25) is 0 Å². The molecule has 1 aromatic rings. The van der Waals surface area contributed by atoms with Crippen molar-refractivity contribution in [2.24, 2.45) is 27.6 Å². The number of likely N-dealkylation sites (N-methyl/N-ethyl adjacent to an activating group) is 1. The smallest absolute Gasteiger partial charge is 0.302 e. The summed E-state index contributed by atoms with van der Waals surface area (Å²) < 4.78 is 4.11. The molecule has 0 spiro atoms. The summed E-state index contributed by atoms with van der Waals surface area (Å²) in [5.74, 6) is 17.9. The summed E-state index contributed by atoms with van der Waals surface area (Å²) in [6.07, 6.45) is 7.62. The quantitative estimate of drug-likeness (QED) is 0.0644. The highest BCUT2D eigenvalue weighted by Crippen LogP contribution is 2.25. The van der Waals surface area contributed by atoms with Crippen molar-refractivity contribution < 1.29 is 33.5 Å². The molecule has 19 heteroatoms. The highest BCUT2D eigenvalue weighted by molar-refractivity contribution is 8.76. The monoisotopic (exact) mass is 778 g/mol. The van der Waals surface area contributed by atoms with Gasteiger partial charge in [0.05, 0.1) is 14.2 Å². The van der Waals surface area contributed by atoms with Crippen LogP contribution in [-0.4, -0.2) is 107 Å². The molecule has 0 aromatic carbocycles. The Morgan fingerprint density at radius 1 is 1.00 bits per heavy atom. The molecule has 0 aliphatic carbocycles. The van der Waals surface area contributed by atoms with E-state index in [1.54, 1.807) is 69.1 Å². The number of allylic oxidation sites excluding steroid dienone is 1. The van der Waals surface area contributed by atoms with E-state index in [4.69, 9.17) is 0 Å². The Labute approximate surface area is 320 Å². The number of carbonyl (C=O) groups is 5. The van der Waals surface area contributed by atoms with Gasteiger partial charge in [-0.15, -0.1) is 0 Å². The number of methoxy groups -OCH3 is 1. The molecule has 2 rings (SSSR count). The normalized spacial score (nSPS) is 8.50. The molecule has 0 radical (unpaired) electrons. The number of nitrogens with zero attached hydrogens (tertiary/aromatic N) is 4. The van der Waals surface area contributed by atoms with Gasteiger partial charge in [-0.05, 0) is 81.1 Å². The van der Waals surface area contributed by atoms with E-state index >= 15 is 0 Å². The Kier molecular flexibility index (Phi) is 86.7. The zero-order valence-corrected chi connectivity index (χ0v) is 34.1. The Morgan fingerprint density at radius 3 is 1.48 bits per heavy atom. The van der Waals surface area contributed by atoms with Crippen LogP contribution in [0, 0.1) is 0 Å². The third-order valence-corrected chi connectivity index (χ3v) is 4.98. The van der Waals surface area contributed by atoms with Gasteiger partial charge in [-0.1, -0.05) is 37.8 Å². The van der Waals surface area contributed by atoms with Crippen LogP contribution in [0.5, 0.6) is 0 Å². The van der Waals surface area contributed by atoms with Gasteiger partial charge in [0.15, 0.2) is 0 Å². The summed E-state index contributed by atoms with van der Waals surface area (Å²) >= 11 is 0. The van der Waals surface area contributed by atoms with Crippen molar-refractivity contribution in [2.45, 2.75) is 53.5 Å². The van der Waals surface area contributed by atoms with Gasteiger partial charge in [-0.2, -0.15) is 0 Å². The topological polar surface area (TPSA) is 259 Å². The van der Waals surface area contributed by atoms with Crippen LogP contribution in [-0.2, 0) is 33.5 Å². The van der Waals surface area contributed by atoms with Gasteiger partial charge in [0, 0.05) is 66.4 Å². The second kappa shape index (κ2) is 65.0. The predicted molar refractivity (Wildman–Crippen MR) is 220 cm³/mol. The molecule has 1 aliphatic rings. The first-order valence-corrected chi connectivity index (χ1v) is 16.7. The molecule has 9 N–H and O–H groups in total. The lowest BCUT2D eigenvalue weighted by atomic mass is 10.5. The molecule has 0 unspecified atom stereocenters. The molecule has 1 aromatic heterocycles. The number of esters is 1. The number of ketones is 1. The Hall–Kier alpha value is -4.42. The van der Waals surface area contributed by atoms with Gasteiger partial charge in [0.2, 0.25) is 11.8 Å². The molecular formula is C33H66N10O7S2. The number of hydrazine groups is 2. The summed E-state index contributed by atoms with van der Waals surface area (Å²) in [6.45, 7) is 17.6. The first kappa shape index (κ1) is 69.4. The molecule has 0 saturated carbocycles. The number of hydrogen-bond donors (Lipinski definition) is 6. The average Bonchev–Trinajstić information content (AvgIpc) is 3.40. The molecule has 52 heavy (non-hydrogen) atoms. The van der Waals surface area contributed by atoms with Gasteiger partial charge in [0.25, 0.3) is 5.91 Å². The largest absolute Gasteiger partial charge is 0.469 e. The van der Waals surface area contributed by atoms with E-state index in [0.29, 0.717) is 6.42 Å². The van der Waals surface area contributed by atoms with Gasteiger partial charge < -0.3 is 24.6 Å². The Bertz CT molecular complexity index is 1060. The fraction of sp³-hybridized carbons (Fsp3) is 0.455. The zero-order valence-electron chi connectivity index (χ0n) is 32.5. The number of pyridine rings is 1. The third-order valence-electron chi connectivity index (χ3n) is 3.39.